The highest BCUT2D eigenvalue weighted by molar-refractivity contribution is 5.78. The zero-order chi connectivity index (χ0) is 18.4. The molecule has 1 saturated heterocycles. The van der Waals surface area contributed by atoms with Gasteiger partial charge in [-0.2, -0.15) is 0 Å². The molecule has 2 aliphatic rings. The topological polar surface area (TPSA) is 42.0 Å². The minimum Gasteiger partial charge on any atom is -0.497 e. The van der Waals surface area contributed by atoms with Crippen molar-refractivity contribution >= 4 is 5.91 Å². The van der Waals surface area contributed by atoms with Gasteiger partial charge in [0.15, 0.2) is 0 Å². The fraction of sp³-hybridized carbons (Fsp3) is 0.667. The fourth-order valence-corrected chi connectivity index (χ4v) is 3.75. The zero-order valence-corrected chi connectivity index (χ0v) is 16.2. The molecule has 1 heterocycles. The van der Waals surface area contributed by atoms with E-state index in [1.807, 2.05) is 18.2 Å². The minimum atomic E-state index is 0.278. The second-order valence-corrected chi connectivity index (χ2v) is 7.46. The fourth-order valence-electron chi connectivity index (χ4n) is 3.75. The lowest BCUT2D eigenvalue weighted by Crippen LogP contribution is -2.42. The van der Waals surface area contributed by atoms with E-state index < -0.39 is 0 Å². The number of methoxy groups -OCH3 is 2. The van der Waals surface area contributed by atoms with Crippen molar-refractivity contribution in [3.8, 4) is 11.5 Å². The zero-order valence-electron chi connectivity index (χ0n) is 16.2. The van der Waals surface area contributed by atoms with Crippen LogP contribution in [0.2, 0.25) is 0 Å². The van der Waals surface area contributed by atoms with E-state index in [-0.39, 0.29) is 5.91 Å². The van der Waals surface area contributed by atoms with Gasteiger partial charge >= 0.3 is 0 Å². The Bertz CT molecular complexity index is 593. The first-order chi connectivity index (χ1) is 12.7. The van der Waals surface area contributed by atoms with Crippen LogP contribution >= 0.6 is 0 Å². The van der Waals surface area contributed by atoms with Gasteiger partial charge in [-0.15, -0.1) is 0 Å². The molecule has 5 heteroatoms. The molecule has 0 atom stereocenters. The molecule has 0 bridgehead atoms. The van der Waals surface area contributed by atoms with E-state index in [1.165, 1.54) is 32.1 Å². The van der Waals surface area contributed by atoms with Gasteiger partial charge in [0.25, 0.3) is 0 Å². The number of carbonyl (C=O) groups excluding carboxylic acids is 1. The van der Waals surface area contributed by atoms with Crippen LogP contribution in [0.4, 0.5) is 0 Å². The second-order valence-electron chi connectivity index (χ2n) is 7.46. The molecule has 0 radical (unpaired) electrons. The van der Waals surface area contributed by atoms with Crippen LogP contribution in [-0.4, -0.2) is 55.6 Å². The smallest absolute Gasteiger partial charge is 0.236 e. The molecule has 1 aromatic rings. The number of amides is 1. The van der Waals surface area contributed by atoms with Crippen molar-refractivity contribution in [2.45, 2.75) is 57.5 Å². The third-order valence-electron chi connectivity index (χ3n) is 5.47. The summed E-state index contributed by atoms with van der Waals surface area (Å²) in [5, 5.41) is 0. The molecule has 0 aromatic heterocycles. The summed E-state index contributed by atoms with van der Waals surface area (Å²) in [5.41, 5.74) is 1.08. The molecule has 144 valence electrons. The van der Waals surface area contributed by atoms with Gasteiger partial charge in [-0.3, -0.25) is 9.69 Å². The third kappa shape index (κ3) is 5.13. The maximum absolute atomic E-state index is 12.9. The second kappa shape index (κ2) is 9.26. The molecular weight excluding hydrogens is 328 g/mol. The predicted octanol–water partition coefficient (Wildman–Crippen LogP) is 3.46. The number of rotatable bonds is 7. The van der Waals surface area contributed by atoms with E-state index in [9.17, 15) is 4.79 Å². The summed E-state index contributed by atoms with van der Waals surface area (Å²) in [6.07, 6.45) is 8.44. The van der Waals surface area contributed by atoms with Gasteiger partial charge in [0, 0.05) is 31.2 Å². The van der Waals surface area contributed by atoms with Crippen molar-refractivity contribution < 1.29 is 14.3 Å². The highest BCUT2D eigenvalue weighted by atomic mass is 16.5. The SMILES string of the molecule is COc1ccc(OC)c(CN(CC(=O)N2CCCCCCC2)C2CC2)c1. The largest absolute Gasteiger partial charge is 0.497 e. The number of hydrogen-bond donors (Lipinski definition) is 0. The first kappa shape index (κ1) is 19.0. The third-order valence-corrected chi connectivity index (χ3v) is 5.47. The standard InChI is InChI=1S/C21H32N2O3/c1-25-19-10-11-20(26-2)17(14-19)15-23(18-8-9-18)16-21(24)22-12-6-4-3-5-7-13-22/h10-11,14,18H,3-9,12-13,15-16H2,1-2H3. The van der Waals surface area contributed by atoms with Gasteiger partial charge in [-0.1, -0.05) is 19.3 Å². The van der Waals surface area contributed by atoms with Crippen LogP contribution in [-0.2, 0) is 11.3 Å². The Labute approximate surface area is 157 Å². The van der Waals surface area contributed by atoms with Gasteiger partial charge in [0.2, 0.25) is 5.91 Å². The lowest BCUT2D eigenvalue weighted by atomic mass is 10.1. The van der Waals surface area contributed by atoms with Crippen molar-refractivity contribution in [2.24, 2.45) is 0 Å². The van der Waals surface area contributed by atoms with Gasteiger partial charge in [0.1, 0.15) is 11.5 Å². The Kier molecular flexibility index (Phi) is 6.78. The number of ether oxygens (including phenoxy) is 2. The summed E-state index contributed by atoms with van der Waals surface area (Å²) in [4.78, 5) is 17.3. The van der Waals surface area contributed by atoms with E-state index >= 15 is 0 Å². The summed E-state index contributed by atoms with van der Waals surface area (Å²) in [5.74, 6) is 1.96. The molecule has 0 N–H and O–H groups in total. The Morgan fingerprint density at radius 2 is 1.77 bits per heavy atom. The van der Waals surface area contributed by atoms with Crippen LogP contribution in [0.3, 0.4) is 0 Å². The summed E-state index contributed by atoms with van der Waals surface area (Å²) in [6, 6.07) is 6.40. The van der Waals surface area contributed by atoms with Crippen LogP contribution in [0.5, 0.6) is 11.5 Å². The molecule has 1 amide bonds. The molecule has 5 nitrogen and oxygen atoms in total. The number of nitrogens with zero attached hydrogens (tertiary/aromatic N) is 2. The molecule has 3 rings (SSSR count). The Morgan fingerprint density at radius 3 is 2.38 bits per heavy atom. The quantitative estimate of drug-likeness (QED) is 0.747. The molecule has 26 heavy (non-hydrogen) atoms. The molecule has 0 unspecified atom stereocenters. The molecular formula is C21H32N2O3. The molecule has 1 aliphatic heterocycles. The van der Waals surface area contributed by atoms with Gasteiger partial charge in [-0.05, 0) is 43.9 Å². The van der Waals surface area contributed by atoms with Crippen LogP contribution < -0.4 is 9.47 Å². The predicted molar refractivity (Wildman–Crippen MR) is 103 cm³/mol. The van der Waals surface area contributed by atoms with Crippen molar-refractivity contribution in [3.05, 3.63) is 23.8 Å². The lowest BCUT2D eigenvalue weighted by Gasteiger charge is -2.29. The average molecular weight is 360 g/mol. The van der Waals surface area contributed by atoms with Crippen LogP contribution in [0.25, 0.3) is 0 Å². The first-order valence-corrected chi connectivity index (χ1v) is 9.94. The highest BCUT2D eigenvalue weighted by Gasteiger charge is 2.32. The van der Waals surface area contributed by atoms with E-state index in [0.717, 1.165) is 49.5 Å². The molecule has 2 fully saturated rings. The molecule has 1 aromatic carbocycles. The monoisotopic (exact) mass is 360 g/mol. The van der Waals surface area contributed by atoms with E-state index in [2.05, 4.69) is 9.80 Å². The van der Waals surface area contributed by atoms with Crippen molar-refractivity contribution in [3.63, 3.8) is 0 Å². The normalized spacial score (nSPS) is 18.3. The molecule has 1 saturated carbocycles. The summed E-state index contributed by atoms with van der Waals surface area (Å²) in [7, 11) is 3.37. The maximum atomic E-state index is 12.9. The first-order valence-electron chi connectivity index (χ1n) is 9.94. The van der Waals surface area contributed by atoms with Gasteiger partial charge in [0.05, 0.1) is 20.8 Å². The van der Waals surface area contributed by atoms with E-state index in [1.54, 1.807) is 14.2 Å². The van der Waals surface area contributed by atoms with Gasteiger partial charge < -0.3 is 14.4 Å². The average Bonchev–Trinajstić information content (AvgIpc) is 3.45. The number of benzene rings is 1. The lowest BCUT2D eigenvalue weighted by molar-refractivity contribution is -0.133. The summed E-state index contributed by atoms with van der Waals surface area (Å²) >= 11 is 0. The van der Waals surface area contributed by atoms with E-state index in [4.69, 9.17) is 9.47 Å². The summed E-state index contributed by atoms with van der Waals surface area (Å²) < 4.78 is 10.9. The summed E-state index contributed by atoms with van der Waals surface area (Å²) in [6.45, 7) is 3.06. The van der Waals surface area contributed by atoms with Crippen molar-refractivity contribution in [1.29, 1.82) is 0 Å². The number of carbonyl (C=O) groups is 1. The number of likely N-dealkylation sites (tertiary alicyclic amines) is 1. The maximum Gasteiger partial charge on any atom is 0.236 e. The van der Waals surface area contributed by atoms with Gasteiger partial charge in [-0.25, -0.2) is 0 Å². The Hall–Kier alpha value is -1.75. The molecule has 0 spiro atoms. The van der Waals surface area contributed by atoms with Crippen molar-refractivity contribution in [2.75, 3.05) is 33.9 Å². The van der Waals surface area contributed by atoms with E-state index in [0.29, 0.717) is 12.6 Å². The number of hydrogen-bond acceptors (Lipinski definition) is 4. The Morgan fingerprint density at radius 1 is 1.08 bits per heavy atom. The minimum absolute atomic E-state index is 0.278. The highest BCUT2D eigenvalue weighted by Crippen LogP contribution is 2.32. The van der Waals surface area contributed by atoms with Crippen molar-refractivity contribution in [1.82, 2.24) is 9.80 Å². The van der Waals surface area contributed by atoms with Crippen LogP contribution in [0.1, 0.15) is 50.5 Å². The molecule has 1 aliphatic carbocycles. The Balaban J connectivity index is 1.66. The van der Waals surface area contributed by atoms with Crippen LogP contribution in [0, 0.1) is 0 Å². The van der Waals surface area contributed by atoms with Crippen LogP contribution in [0.15, 0.2) is 18.2 Å².